The summed E-state index contributed by atoms with van der Waals surface area (Å²) in [7, 11) is 0. The third-order valence-corrected chi connectivity index (χ3v) is 4.78. The number of rotatable bonds is 7. The first kappa shape index (κ1) is 24.4. The summed E-state index contributed by atoms with van der Waals surface area (Å²) in [5.41, 5.74) is 0.216. The molecular weight excluding hydrogens is 392 g/mol. The molecule has 0 fully saturated rings. The first-order valence-electron chi connectivity index (χ1n) is 9.45. The van der Waals surface area contributed by atoms with Crippen LogP contribution in [0, 0.1) is 0 Å². The highest BCUT2D eigenvalue weighted by atomic mass is 17.3. The van der Waals surface area contributed by atoms with Crippen molar-refractivity contribution >= 4 is 0 Å². The molecule has 0 bridgehead atoms. The summed E-state index contributed by atoms with van der Waals surface area (Å²) in [5, 5.41) is 40.1. The summed E-state index contributed by atoms with van der Waals surface area (Å²) in [6.45, 7) is 11.3. The van der Waals surface area contributed by atoms with Gasteiger partial charge in [0.05, 0.1) is 0 Å². The van der Waals surface area contributed by atoms with E-state index >= 15 is 0 Å². The normalized spacial score (nSPS) is 15.1. The van der Waals surface area contributed by atoms with Crippen LogP contribution in [0.5, 0.6) is 0 Å². The Morgan fingerprint density at radius 3 is 1.30 bits per heavy atom. The van der Waals surface area contributed by atoms with Crippen molar-refractivity contribution in [2.45, 2.75) is 64.3 Å². The molecule has 30 heavy (non-hydrogen) atoms. The Labute approximate surface area is 176 Å². The summed E-state index contributed by atoms with van der Waals surface area (Å²) >= 11 is 0. The Kier molecular flexibility index (Phi) is 7.07. The van der Waals surface area contributed by atoms with Gasteiger partial charge in [-0.25, -0.2) is 15.8 Å². The van der Waals surface area contributed by atoms with E-state index < -0.39 is 22.8 Å². The molecule has 0 aliphatic rings. The van der Waals surface area contributed by atoms with Crippen LogP contribution in [0.3, 0.4) is 0 Å². The molecule has 4 N–H and O–H groups in total. The fourth-order valence-corrected chi connectivity index (χ4v) is 3.33. The van der Waals surface area contributed by atoms with Crippen molar-refractivity contribution in [3.05, 3.63) is 70.8 Å². The second-order valence-electron chi connectivity index (χ2n) is 9.11. The highest BCUT2D eigenvalue weighted by molar-refractivity contribution is 5.37. The predicted molar refractivity (Wildman–Crippen MR) is 108 cm³/mol. The molecule has 0 saturated carbocycles. The molecule has 0 saturated heterocycles. The Bertz CT molecular complexity index is 849. The lowest BCUT2D eigenvalue weighted by Crippen LogP contribution is -2.47. The fraction of sp³-hybridized carbons (Fsp3) is 0.455. The minimum Gasteiger partial charge on any atom is -0.337 e. The number of hydrogen-bond donors (Lipinski definition) is 4. The van der Waals surface area contributed by atoms with Gasteiger partial charge in [0.2, 0.25) is 0 Å². The number of aliphatic hydroxyl groups is 1. The summed E-state index contributed by atoms with van der Waals surface area (Å²) in [4.78, 5) is 13.1. The SMILES string of the molecule is CC(C)(C)c1ccccc1C(O)(OO)OC(OO)(OO)c1ccccc1C(C)(C)C. The summed E-state index contributed by atoms with van der Waals surface area (Å²) in [6, 6.07) is 13.1. The molecule has 0 spiro atoms. The van der Waals surface area contributed by atoms with Crippen LogP contribution in [0.2, 0.25) is 0 Å². The van der Waals surface area contributed by atoms with Crippen LogP contribution in [-0.2, 0) is 42.2 Å². The van der Waals surface area contributed by atoms with Crippen molar-refractivity contribution in [2.75, 3.05) is 0 Å². The van der Waals surface area contributed by atoms with Gasteiger partial charge < -0.3 is 5.11 Å². The molecule has 0 aliphatic carbocycles. The van der Waals surface area contributed by atoms with Crippen LogP contribution < -0.4 is 0 Å². The van der Waals surface area contributed by atoms with Gasteiger partial charge in [-0.05, 0) is 22.0 Å². The highest BCUT2D eigenvalue weighted by Gasteiger charge is 2.52. The van der Waals surface area contributed by atoms with E-state index in [4.69, 9.17) is 4.74 Å². The number of benzene rings is 2. The summed E-state index contributed by atoms with van der Waals surface area (Å²) < 4.78 is 5.46. The van der Waals surface area contributed by atoms with E-state index in [1.165, 1.54) is 12.1 Å². The van der Waals surface area contributed by atoms with Crippen molar-refractivity contribution < 1.29 is 40.3 Å². The van der Waals surface area contributed by atoms with E-state index in [1.807, 2.05) is 41.5 Å². The third kappa shape index (κ3) is 4.72. The minimum atomic E-state index is -2.87. The van der Waals surface area contributed by atoms with Crippen LogP contribution in [0.25, 0.3) is 0 Å². The maximum Gasteiger partial charge on any atom is 0.371 e. The molecule has 2 aromatic carbocycles. The van der Waals surface area contributed by atoms with Gasteiger partial charge in [0.25, 0.3) is 0 Å². The lowest BCUT2D eigenvalue weighted by atomic mass is 9.82. The average molecular weight is 422 g/mol. The smallest absolute Gasteiger partial charge is 0.337 e. The first-order chi connectivity index (χ1) is 13.8. The molecule has 0 heterocycles. The van der Waals surface area contributed by atoms with Crippen molar-refractivity contribution in [3.8, 4) is 0 Å². The van der Waals surface area contributed by atoms with Gasteiger partial charge in [-0.15, -0.1) is 0 Å². The minimum absolute atomic E-state index is 0.0201. The zero-order valence-corrected chi connectivity index (χ0v) is 18.0. The van der Waals surface area contributed by atoms with E-state index in [-0.39, 0.29) is 11.1 Å². The van der Waals surface area contributed by atoms with E-state index in [9.17, 15) is 20.9 Å². The zero-order valence-electron chi connectivity index (χ0n) is 18.0. The molecule has 1 atom stereocenters. The molecule has 0 aliphatic heterocycles. The van der Waals surface area contributed by atoms with Crippen molar-refractivity contribution in [1.29, 1.82) is 0 Å². The number of hydrogen-bond acceptors (Lipinski definition) is 8. The first-order valence-corrected chi connectivity index (χ1v) is 9.45. The molecule has 0 aromatic heterocycles. The van der Waals surface area contributed by atoms with E-state index in [2.05, 4.69) is 14.7 Å². The molecule has 166 valence electrons. The maximum atomic E-state index is 11.1. The predicted octanol–water partition coefficient (Wildman–Crippen LogP) is 4.68. The van der Waals surface area contributed by atoms with Gasteiger partial charge in [0, 0.05) is 11.1 Å². The molecule has 1 unspecified atom stereocenters. The van der Waals surface area contributed by atoms with Gasteiger partial charge in [0.15, 0.2) is 0 Å². The molecule has 8 nitrogen and oxygen atoms in total. The highest BCUT2D eigenvalue weighted by Crippen LogP contribution is 2.43. The Balaban J connectivity index is 2.69. The quantitative estimate of drug-likeness (QED) is 0.289. The van der Waals surface area contributed by atoms with Gasteiger partial charge >= 0.3 is 11.9 Å². The fourth-order valence-electron chi connectivity index (χ4n) is 3.33. The van der Waals surface area contributed by atoms with Crippen molar-refractivity contribution in [3.63, 3.8) is 0 Å². The van der Waals surface area contributed by atoms with Crippen LogP contribution in [0.15, 0.2) is 48.5 Å². The summed E-state index contributed by atoms with van der Waals surface area (Å²) in [5.74, 6) is -5.62. The van der Waals surface area contributed by atoms with Gasteiger partial charge in [-0.3, -0.25) is 4.74 Å². The Hall–Kier alpha value is -1.88. The lowest BCUT2D eigenvalue weighted by Gasteiger charge is -2.38. The van der Waals surface area contributed by atoms with Crippen LogP contribution in [0.4, 0.5) is 0 Å². The molecule has 2 aromatic rings. The molecular formula is C22H30O8. The molecule has 0 radical (unpaired) electrons. The monoisotopic (exact) mass is 422 g/mol. The second-order valence-corrected chi connectivity index (χ2v) is 9.11. The van der Waals surface area contributed by atoms with E-state index in [1.54, 1.807) is 36.4 Å². The lowest BCUT2D eigenvalue weighted by molar-refractivity contribution is -0.640. The second kappa shape index (κ2) is 8.70. The van der Waals surface area contributed by atoms with Gasteiger partial charge in [0.1, 0.15) is 0 Å². The molecule has 0 amide bonds. The van der Waals surface area contributed by atoms with Gasteiger partial charge in [-0.2, -0.15) is 14.7 Å². The van der Waals surface area contributed by atoms with Crippen LogP contribution in [0.1, 0.15) is 63.8 Å². The van der Waals surface area contributed by atoms with E-state index in [0.29, 0.717) is 11.1 Å². The van der Waals surface area contributed by atoms with Crippen LogP contribution in [-0.4, -0.2) is 20.9 Å². The van der Waals surface area contributed by atoms with Gasteiger partial charge in [-0.1, -0.05) is 90.1 Å². The third-order valence-electron chi connectivity index (χ3n) is 4.78. The molecule has 2 rings (SSSR count). The van der Waals surface area contributed by atoms with Crippen molar-refractivity contribution in [1.82, 2.24) is 0 Å². The topological polar surface area (TPSA) is 118 Å². The Morgan fingerprint density at radius 2 is 0.933 bits per heavy atom. The molecule has 8 heteroatoms. The maximum absolute atomic E-state index is 11.1. The van der Waals surface area contributed by atoms with E-state index in [0.717, 1.165) is 0 Å². The summed E-state index contributed by atoms with van der Waals surface area (Å²) in [6.07, 6.45) is 0. The standard InChI is InChI=1S/C22H30O8/c1-19(2,3)15-11-7-9-13-17(15)21(23,28-24)27-22(29-25,30-26)18-14-10-8-12-16(18)20(4,5)6/h7-14,23-26H,1-6H3. The largest absolute Gasteiger partial charge is 0.371 e. The number of ether oxygens (including phenoxy) is 1. The zero-order chi connectivity index (χ0) is 22.8. The van der Waals surface area contributed by atoms with Crippen molar-refractivity contribution in [2.24, 2.45) is 0 Å². The Morgan fingerprint density at radius 1 is 0.567 bits per heavy atom. The average Bonchev–Trinajstić information content (AvgIpc) is 2.71. The van der Waals surface area contributed by atoms with Crippen LogP contribution >= 0.6 is 0 Å².